The van der Waals surface area contributed by atoms with Crippen LogP contribution in [-0.2, 0) is 14.3 Å². The quantitative estimate of drug-likeness (QED) is 0.668. The molecule has 0 fully saturated rings. The smallest absolute Gasteiger partial charge is 0.352 e. The van der Waals surface area contributed by atoms with Crippen molar-refractivity contribution in [3.63, 3.8) is 0 Å². The number of carbonyl (C=O) groups is 2. The third-order valence-corrected chi connectivity index (χ3v) is 2.97. The van der Waals surface area contributed by atoms with E-state index in [4.69, 9.17) is 4.74 Å². The SMILES string of the molecule is CC(=O)OC1(C(=O)O)C=CC(C#Cc2ccccc2)=CC1. The van der Waals surface area contributed by atoms with Gasteiger partial charge in [0, 0.05) is 24.5 Å². The number of rotatable bonds is 2. The summed E-state index contributed by atoms with van der Waals surface area (Å²) in [5.41, 5.74) is -0.0474. The summed E-state index contributed by atoms with van der Waals surface area (Å²) >= 11 is 0. The van der Waals surface area contributed by atoms with Gasteiger partial charge in [-0.15, -0.1) is 0 Å². The van der Waals surface area contributed by atoms with E-state index in [1.165, 1.54) is 13.0 Å². The third-order valence-electron chi connectivity index (χ3n) is 2.97. The van der Waals surface area contributed by atoms with Crippen molar-refractivity contribution >= 4 is 11.9 Å². The van der Waals surface area contributed by atoms with Crippen LogP contribution in [0.4, 0.5) is 0 Å². The van der Waals surface area contributed by atoms with Gasteiger partial charge in [-0.3, -0.25) is 4.79 Å². The van der Waals surface area contributed by atoms with Crippen LogP contribution in [-0.4, -0.2) is 22.6 Å². The van der Waals surface area contributed by atoms with E-state index in [0.29, 0.717) is 5.57 Å². The summed E-state index contributed by atoms with van der Waals surface area (Å²) in [4.78, 5) is 22.3. The van der Waals surface area contributed by atoms with Gasteiger partial charge in [-0.2, -0.15) is 0 Å². The van der Waals surface area contributed by atoms with Crippen LogP contribution in [0.25, 0.3) is 0 Å². The molecule has 0 heterocycles. The van der Waals surface area contributed by atoms with Gasteiger partial charge in [-0.1, -0.05) is 36.1 Å². The van der Waals surface area contributed by atoms with E-state index < -0.39 is 17.5 Å². The van der Waals surface area contributed by atoms with Crippen LogP contribution >= 0.6 is 0 Å². The summed E-state index contributed by atoms with van der Waals surface area (Å²) in [5, 5.41) is 9.24. The number of benzene rings is 1. The zero-order valence-corrected chi connectivity index (χ0v) is 11.5. The predicted octanol–water partition coefficient (Wildman–Crippen LogP) is 2.31. The van der Waals surface area contributed by atoms with Gasteiger partial charge in [0.2, 0.25) is 5.60 Å². The Morgan fingerprint density at radius 2 is 1.95 bits per heavy atom. The lowest BCUT2D eigenvalue weighted by Crippen LogP contribution is -2.41. The van der Waals surface area contributed by atoms with E-state index in [2.05, 4.69) is 11.8 Å². The second-order valence-electron chi connectivity index (χ2n) is 4.60. The topological polar surface area (TPSA) is 63.6 Å². The molecule has 1 aliphatic carbocycles. The van der Waals surface area contributed by atoms with Crippen molar-refractivity contribution in [2.45, 2.75) is 18.9 Å². The zero-order valence-electron chi connectivity index (χ0n) is 11.5. The maximum Gasteiger partial charge on any atom is 0.352 e. The number of ether oxygens (including phenoxy) is 1. The zero-order chi connectivity index (χ0) is 15.3. The molecule has 0 saturated carbocycles. The number of carboxylic acids is 1. The molecule has 21 heavy (non-hydrogen) atoms. The van der Waals surface area contributed by atoms with Crippen LogP contribution in [0.3, 0.4) is 0 Å². The number of carboxylic acid groups (broad SMARTS) is 1. The lowest BCUT2D eigenvalue weighted by atomic mass is 9.92. The maximum absolute atomic E-state index is 11.3. The Labute approximate surface area is 122 Å². The third kappa shape index (κ3) is 3.61. The van der Waals surface area contributed by atoms with E-state index in [9.17, 15) is 14.7 Å². The van der Waals surface area contributed by atoms with Crippen LogP contribution in [0, 0.1) is 11.8 Å². The predicted molar refractivity (Wildman–Crippen MR) is 77.3 cm³/mol. The fraction of sp³-hybridized carbons (Fsp3) is 0.176. The molecule has 0 bridgehead atoms. The van der Waals surface area contributed by atoms with Gasteiger partial charge in [0.1, 0.15) is 0 Å². The number of esters is 1. The molecule has 0 spiro atoms. The van der Waals surface area contributed by atoms with E-state index in [1.807, 2.05) is 30.3 Å². The number of hydrogen-bond acceptors (Lipinski definition) is 3. The van der Waals surface area contributed by atoms with Crippen LogP contribution in [0.2, 0.25) is 0 Å². The summed E-state index contributed by atoms with van der Waals surface area (Å²) < 4.78 is 4.93. The van der Waals surface area contributed by atoms with Crippen molar-refractivity contribution in [3.05, 3.63) is 59.7 Å². The lowest BCUT2D eigenvalue weighted by molar-refractivity contribution is -0.171. The van der Waals surface area contributed by atoms with Crippen LogP contribution in [0.15, 0.2) is 54.1 Å². The monoisotopic (exact) mass is 282 g/mol. The van der Waals surface area contributed by atoms with Gasteiger partial charge >= 0.3 is 11.9 Å². The number of allylic oxidation sites excluding steroid dienone is 2. The fourth-order valence-corrected chi connectivity index (χ4v) is 1.91. The fourth-order valence-electron chi connectivity index (χ4n) is 1.91. The summed E-state index contributed by atoms with van der Waals surface area (Å²) in [6.07, 6.45) is 4.66. The van der Waals surface area contributed by atoms with E-state index in [1.54, 1.807) is 12.2 Å². The molecule has 0 saturated heterocycles. The Balaban J connectivity index is 2.16. The molecule has 4 heteroatoms. The molecule has 2 rings (SSSR count). The molecule has 1 atom stereocenters. The van der Waals surface area contributed by atoms with Crippen molar-refractivity contribution < 1.29 is 19.4 Å². The first-order chi connectivity index (χ1) is 10.0. The van der Waals surface area contributed by atoms with Crippen molar-refractivity contribution in [1.82, 2.24) is 0 Å². The minimum Gasteiger partial charge on any atom is -0.478 e. The molecule has 0 amide bonds. The van der Waals surface area contributed by atoms with Crippen molar-refractivity contribution in [2.75, 3.05) is 0 Å². The largest absolute Gasteiger partial charge is 0.478 e. The number of hydrogen-bond donors (Lipinski definition) is 1. The molecule has 0 radical (unpaired) electrons. The average Bonchev–Trinajstić information content (AvgIpc) is 2.47. The van der Waals surface area contributed by atoms with Gasteiger partial charge in [0.15, 0.2) is 0 Å². The first-order valence-corrected chi connectivity index (χ1v) is 6.41. The minimum atomic E-state index is -1.62. The Hall–Kier alpha value is -2.80. The molecule has 1 aliphatic rings. The van der Waals surface area contributed by atoms with Gasteiger partial charge in [0.05, 0.1) is 0 Å². The van der Waals surface area contributed by atoms with Crippen LogP contribution in [0.5, 0.6) is 0 Å². The summed E-state index contributed by atoms with van der Waals surface area (Å²) in [6, 6.07) is 9.47. The van der Waals surface area contributed by atoms with E-state index >= 15 is 0 Å². The molecule has 1 aromatic carbocycles. The summed E-state index contributed by atoms with van der Waals surface area (Å²) in [7, 11) is 0. The standard InChI is InChI=1S/C17H14O4/c1-13(18)21-17(16(19)20)11-9-15(10-12-17)8-7-14-5-3-2-4-6-14/h2-6,9-11H,12H2,1H3,(H,19,20). The second kappa shape index (κ2) is 6.10. The second-order valence-corrected chi connectivity index (χ2v) is 4.60. The van der Waals surface area contributed by atoms with Gasteiger partial charge < -0.3 is 9.84 Å². The molecule has 1 unspecified atom stereocenters. The lowest BCUT2D eigenvalue weighted by Gasteiger charge is -2.26. The summed E-state index contributed by atoms with van der Waals surface area (Å²) in [5.74, 6) is 4.12. The molecule has 1 N–H and O–H groups in total. The Kier molecular flexibility index (Phi) is 4.24. The first kappa shape index (κ1) is 14.6. The highest BCUT2D eigenvalue weighted by molar-refractivity contribution is 5.84. The summed E-state index contributed by atoms with van der Waals surface area (Å²) in [6.45, 7) is 1.19. The maximum atomic E-state index is 11.3. The van der Waals surface area contributed by atoms with E-state index in [-0.39, 0.29) is 6.42 Å². The van der Waals surface area contributed by atoms with Crippen LogP contribution < -0.4 is 0 Å². The van der Waals surface area contributed by atoms with Gasteiger partial charge in [-0.05, 0) is 24.3 Å². The Morgan fingerprint density at radius 3 is 2.48 bits per heavy atom. The highest BCUT2D eigenvalue weighted by atomic mass is 16.6. The van der Waals surface area contributed by atoms with Crippen molar-refractivity contribution in [2.24, 2.45) is 0 Å². The molecule has 4 nitrogen and oxygen atoms in total. The highest BCUT2D eigenvalue weighted by Gasteiger charge is 2.39. The molecule has 106 valence electrons. The first-order valence-electron chi connectivity index (χ1n) is 6.41. The Morgan fingerprint density at radius 1 is 1.24 bits per heavy atom. The van der Waals surface area contributed by atoms with Gasteiger partial charge in [0.25, 0.3) is 0 Å². The van der Waals surface area contributed by atoms with Crippen molar-refractivity contribution in [3.8, 4) is 11.8 Å². The number of aliphatic carboxylic acids is 1. The molecule has 0 aromatic heterocycles. The highest BCUT2D eigenvalue weighted by Crippen LogP contribution is 2.25. The number of carbonyl (C=O) groups excluding carboxylic acids is 1. The molecular formula is C17H14O4. The minimum absolute atomic E-state index is 0.0667. The molecular weight excluding hydrogens is 268 g/mol. The molecule has 0 aliphatic heterocycles. The average molecular weight is 282 g/mol. The van der Waals surface area contributed by atoms with Crippen molar-refractivity contribution in [1.29, 1.82) is 0 Å². The van der Waals surface area contributed by atoms with Crippen LogP contribution in [0.1, 0.15) is 18.9 Å². The van der Waals surface area contributed by atoms with Gasteiger partial charge in [-0.25, -0.2) is 4.79 Å². The normalized spacial score (nSPS) is 20.0. The van der Waals surface area contributed by atoms with E-state index in [0.717, 1.165) is 5.56 Å². The Bertz CT molecular complexity index is 674. The molecule has 1 aromatic rings.